The van der Waals surface area contributed by atoms with Crippen molar-refractivity contribution in [1.29, 1.82) is 0 Å². The zero-order valence-corrected chi connectivity index (χ0v) is 14.9. The molecule has 0 saturated carbocycles. The second-order valence-corrected chi connectivity index (χ2v) is 7.27. The number of nitrogens with one attached hydrogen (secondary N) is 2. The highest BCUT2D eigenvalue weighted by atomic mass is 32.1. The number of ether oxygens (including phenoxy) is 1. The Balaban J connectivity index is 1.48. The number of nitrogens with zero attached hydrogens (tertiary/aromatic N) is 2. The molecule has 0 aliphatic rings. The van der Waals surface area contributed by atoms with Crippen LogP contribution in [0.1, 0.15) is 9.67 Å². The molecule has 0 atom stereocenters. The number of thiazole rings is 1. The zero-order chi connectivity index (χ0) is 17.2. The predicted octanol–water partition coefficient (Wildman–Crippen LogP) is 3.81. The number of rotatable bonds is 6. The Bertz CT molecular complexity index is 1000. The number of hydrogen-bond acceptors (Lipinski definition) is 8. The number of oxazole rings is 1. The molecule has 0 fully saturated rings. The highest BCUT2D eigenvalue weighted by molar-refractivity contribution is 7.29. The van der Waals surface area contributed by atoms with Crippen LogP contribution < -0.4 is 10.6 Å². The summed E-state index contributed by atoms with van der Waals surface area (Å²) in [4.78, 5) is 22.5. The van der Waals surface area contributed by atoms with Crippen molar-refractivity contribution in [3.63, 3.8) is 0 Å². The minimum Gasteiger partial charge on any atom is -0.443 e. The van der Waals surface area contributed by atoms with E-state index in [2.05, 4.69) is 20.6 Å². The SMILES string of the molecule is COCCNc1nc2sc(C(=O)Nc3ccc4ncoc4c3)cc2s1. The van der Waals surface area contributed by atoms with Crippen molar-refractivity contribution >= 4 is 60.0 Å². The lowest BCUT2D eigenvalue weighted by atomic mass is 10.3. The molecule has 0 radical (unpaired) electrons. The molecule has 0 bridgehead atoms. The lowest BCUT2D eigenvalue weighted by Gasteiger charge is -2.02. The largest absolute Gasteiger partial charge is 0.443 e. The number of amides is 1. The Labute approximate surface area is 150 Å². The molecule has 3 heterocycles. The lowest BCUT2D eigenvalue weighted by Crippen LogP contribution is -2.09. The fourth-order valence-corrected chi connectivity index (χ4v) is 4.34. The minimum absolute atomic E-state index is 0.164. The second-order valence-electron chi connectivity index (χ2n) is 5.21. The van der Waals surface area contributed by atoms with Crippen LogP contribution in [0.15, 0.2) is 35.1 Å². The van der Waals surface area contributed by atoms with Crippen LogP contribution in [-0.4, -0.2) is 36.1 Å². The number of thiophene rings is 1. The molecule has 0 aliphatic heterocycles. The number of fused-ring (bicyclic) bond motifs is 2. The Morgan fingerprint density at radius 1 is 1.32 bits per heavy atom. The summed E-state index contributed by atoms with van der Waals surface area (Å²) >= 11 is 2.89. The quantitative estimate of drug-likeness (QED) is 0.499. The normalized spacial score (nSPS) is 11.2. The number of carbonyl (C=O) groups is 1. The molecular formula is C16H14N4O3S2. The van der Waals surface area contributed by atoms with E-state index in [1.165, 1.54) is 29.1 Å². The van der Waals surface area contributed by atoms with Crippen molar-refractivity contribution in [2.75, 3.05) is 30.9 Å². The van der Waals surface area contributed by atoms with E-state index in [-0.39, 0.29) is 5.91 Å². The predicted molar refractivity (Wildman–Crippen MR) is 99.8 cm³/mol. The van der Waals surface area contributed by atoms with Gasteiger partial charge in [-0.15, -0.1) is 11.3 Å². The van der Waals surface area contributed by atoms with Crippen LogP contribution in [0.3, 0.4) is 0 Å². The first-order valence-electron chi connectivity index (χ1n) is 7.51. The molecule has 4 rings (SSSR count). The van der Waals surface area contributed by atoms with Crippen LogP contribution >= 0.6 is 22.7 Å². The first-order valence-corrected chi connectivity index (χ1v) is 9.14. The number of anilines is 2. The van der Waals surface area contributed by atoms with Gasteiger partial charge in [-0.2, -0.15) is 0 Å². The van der Waals surface area contributed by atoms with Gasteiger partial charge in [-0.3, -0.25) is 4.79 Å². The third-order valence-corrected chi connectivity index (χ3v) is 5.60. The Kier molecular flexibility index (Phi) is 4.35. The average Bonchev–Trinajstić information content (AvgIpc) is 3.28. The van der Waals surface area contributed by atoms with Crippen molar-refractivity contribution in [3.05, 3.63) is 35.5 Å². The van der Waals surface area contributed by atoms with Gasteiger partial charge in [-0.05, 0) is 18.2 Å². The summed E-state index contributed by atoms with van der Waals surface area (Å²) in [6, 6.07) is 7.23. The third kappa shape index (κ3) is 3.34. The van der Waals surface area contributed by atoms with Crippen LogP contribution in [0.4, 0.5) is 10.8 Å². The molecule has 2 N–H and O–H groups in total. The number of carbonyl (C=O) groups excluding carboxylic acids is 1. The van der Waals surface area contributed by atoms with Gasteiger partial charge in [0.05, 0.1) is 16.2 Å². The maximum atomic E-state index is 12.4. The Hall–Kier alpha value is -2.49. The maximum absolute atomic E-state index is 12.4. The minimum atomic E-state index is -0.164. The van der Waals surface area contributed by atoms with E-state index < -0.39 is 0 Å². The highest BCUT2D eigenvalue weighted by Crippen LogP contribution is 2.33. The number of benzene rings is 1. The van der Waals surface area contributed by atoms with Crippen molar-refractivity contribution < 1.29 is 13.9 Å². The van der Waals surface area contributed by atoms with Gasteiger partial charge >= 0.3 is 0 Å². The fourth-order valence-electron chi connectivity index (χ4n) is 2.31. The van der Waals surface area contributed by atoms with E-state index in [1.807, 2.05) is 6.07 Å². The Morgan fingerprint density at radius 3 is 3.08 bits per heavy atom. The molecule has 0 unspecified atom stereocenters. The van der Waals surface area contributed by atoms with E-state index in [0.717, 1.165) is 20.2 Å². The fraction of sp³-hybridized carbons (Fsp3) is 0.188. The van der Waals surface area contributed by atoms with E-state index in [4.69, 9.17) is 9.15 Å². The van der Waals surface area contributed by atoms with Crippen molar-refractivity contribution in [2.24, 2.45) is 0 Å². The van der Waals surface area contributed by atoms with Crippen LogP contribution in [0.5, 0.6) is 0 Å². The summed E-state index contributed by atoms with van der Waals surface area (Å²) in [5.74, 6) is -0.164. The number of methoxy groups -OCH3 is 1. The van der Waals surface area contributed by atoms with Crippen molar-refractivity contribution in [3.8, 4) is 0 Å². The van der Waals surface area contributed by atoms with E-state index in [9.17, 15) is 4.79 Å². The van der Waals surface area contributed by atoms with Crippen LogP contribution in [0.25, 0.3) is 20.6 Å². The third-order valence-electron chi connectivity index (χ3n) is 3.48. The van der Waals surface area contributed by atoms with Crippen molar-refractivity contribution in [2.45, 2.75) is 0 Å². The molecule has 128 valence electrons. The molecule has 1 aromatic carbocycles. The van der Waals surface area contributed by atoms with E-state index in [0.29, 0.717) is 29.3 Å². The summed E-state index contributed by atoms with van der Waals surface area (Å²) in [5, 5.41) is 6.91. The molecular weight excluding hydrogens is 360 g/mol. The molecule has 0 spiro atoms. The molecule has 0 saturated heterocycles. The molecule has 7 nitrogen and oxygen atoms in total. The standard InChI is InChI=1S/C16H14N4O3S2/c1-22-5-4-17-16-20-15-13(25-16)7-12(24-15)14(21)19-9-2-3-10-11(6-9)23-8-18-10/h2-3,6-8H,4-5H2,1H3,(H,17,20)(H,19,21). The van der Waals surface area contributed by atoms with Gasteiger partial charge in [-0.1, -0.05) is 11.3 Å². The average molecular weight is 374 g/mol. The van der Waals surface area contributed by atoms with E-state index in [1.54, 1.807) is 25.3 Å². The molecule has 1 amide bonds. The van der Waals surface area contributed by atoms with Crippen LogP contribution in [0.2, 0.25) is 0 Å². The molecule has 3 aromatic heterocycles. The van der Waals surface area contributed by atoms with Gasteiger partial charge in [0.15, 0.2) is 17.1 Å². The first kappa shape index (κ1) is 16.0. The van der Waals surface area contributed by atoms with Crippen LogP contribution in [0, 0.1) is 0 Å². The summed E-state index contributed by atoms with van der Waals surface area (Å²) in [5.41, 5.74) is 2.06. The lowest BCUT2D eigenvalue weighted by molar-refractivity contribution is 0.103. The molecule has 4 aromatic rings. The van der Waals surface area contributed by atoms with Gasteiger partial charge in [0.2, 0.25) is 0 Å². The summed E-state index contributed by atoms with van der Waals surface area (Å²) in [7, 11) is 1.66. The van der Waals surface area contributed by atoms with Gasteiger partial charge in [0.25, 0.3) is 5.91 Å². The van der Waals surface area contributed by atoms with Crippen molar-refractivity contribution in [1.82, 2.24) is 9.97 Å². The summed E-state index contributed by atoms with van der Waals surface area (Å²) in [6.07, 6.45) is 1.38. The molecule has 0 aliphatic carbocycles. The maximum Gasteiger partial charge on any atom is 0.265 e. The van der Waals surface area contributed by atoms with Gasteiger partial charge < -0.3 is 19.8 Å². The van der Waals surface area contributed by atoms with Gasteiger partial charge in [-0.25, -0.2) is 9.97 Å². The van der Waals surface area contributed by atoms with E-state index >= 15 is 0 Å². The monoisotopic (exact) mass is 374 g/mol. The molecule has 25 heavy (non-hydrogen) atoms. The highest BCUT2D eigenvalue weighted by Gasteiger charge is 2.14. The molecule has 9 heteroatoms. The number of hydrogen-bond donors (Lipinski definition) is 2. The first-order chi connectivity index (χ1) is 12.2. The Morgan fingerprint density at radius 2 is 2.24 bits per heavy atom. The zero-order valence-electron chi connectivity index (χ0n) is 13.2. The van der Waals surface area contributed by atoms with Gasteiger partial charge in [0.1, 0.15) is 10.3 Å². The summed E-state index contributed by atoms with van der Waals surface area (Å²) < 4.78 is 11.2. The number of aromatic nitrogens is 2. The summed E-state index contributed by atoms with van der Waals surface area (Å²) in [6.45, 7) is 1.32. The van der Waals surface area contributed by atoms with Crippen LogP contribution in [-0.2, 0) is 4.74 Å². The second kappa shape index (κ2) is 6.79. The topological polar surface area (TPSA) is 89.3 Å². The smallest absolute Gasteiger partial charge is 0.265 e. The van der Waals surface area contributed by atoms with Gasteiger partial charge in [0, 0.05) is 25.4 Å².